The Morgan fingerprint density at radius 2 is 2.05 bits per heavy atom. The Bertz CT molecular complexity index is 595. The SMILES string of the molecule is NC(=O)CNCc1nc(Cc2c(Cl)cccc2Cl)no1. The molecule has 106 valence electrons. The predicted molar refractivity (Wildman–Crippen MR) is 74.5 cm³/mol. The van der Waals surface area contributed by atoms with Gasteiger partial charge in [-0.25, -0.2) is 0 Å². The van der Waals surface area contributed by atoms with Crippen LogP contribution in [0, 0.1) is 0 Å². The number of nitrogens with one attached hydrogen (secondary N) is 1. The molecular formula is C12H12Cl2N4O2. The normalized spacial score (nSPS) is 10.7. The minimum atomic E-state index is -0.451. The average molecular weight is 315 g/mol. The molecule has 0 saturated carbocycles. The first-order chi connectivity index (χ1) is 9.56. The number of hydrogen-bond donors (Lipinski definition) is 2. The Morgan fingerprint density at radius 1 is 1.35 bits per heavy atom. The Morgan fingerprint density at radius 3 is 2.70 bits per heavy atom. The molecule has 0 spiro atoms. The topological polar surface area (TPSA) is 94.0 Å². The third kappa shape index (κ3) is 3.93. The van der Waals surface area contributed by atoms with E-state index in [0.717, 1.165) is 5.56 Å². The summed E-state index contributed by atoms with van der Waals surface area (Å²) in [7, 11) is 0. The molecule has 6 nitrogen and oxygen atoms in total. The van der Waals surface area contributed by atoms with Crippen LogP contribution in [-0.4, -0.2) is 22.6 Å². The zero-order valence-electron chi connectivity index (χ0n) is 10.4. The highest BCUT2D eigenvalue weighted by molar-refractivity contribution is 6.36. The number of hydrogen-bond acceptors (Lipinski definition) is 5. The zero-order valence-corrected chi connectivity index (χ0v) is 11.9. The second kappa shape index (κ2) is 6.69. The number of nitrogens with two attached hydrogens (primary N) is 1. The molecule has 0 unspecified atom stereocenters. The van der Waals surface area contributed by atoms with Gasteiger partial charge in [-0.15, -0.1) is 0 Å². The number of halogens is 2. The maximum atomic E-state index is 10.6. The quantitative estimate of drug-likeness (QED) is 0.843. The first kappa shape index (κ1) is 14.8. The number of benzene rings is 1. The highest BCUT2D eigenvalue weighted by atomic mass is 35.5. The van der Waals surface area contributed by atoms with E-state index >= 15 is 0 Å². The van der Waals surface area contributed by atoms with Gasteiger partial charge in [0.25, 0.3) is 0 Å². The maximum absolute atomic E-state index is 10.6. The van der Waals surface area contributed by atoms with Crippen molar-refractivity contribution in [2.75, 3.05) is 6.54 Å². The van der Waals surface area contributed by atoms with Crippen LogP contribution in [-0.2, 0) is 17.8 Å². The van der Waals surface area contributed by atoms with E-state index in [4.69, 9.17) is 33.5 Å². The molecule has 1 amide bonds. The first-order valence-electron chi connectivity index (χ1n) is 5.79. The number of rotatable bonds is 6. The summed E-state index contributed by atoms with van der Waals surface area (Å²) in [5.74, 6) is 0.382. The lowest BCUT2D eigenvalue weighted by molar-refractivity contribution is -0.117. The summed E-state index contributed by atoms with van der Waals surface area (Å²) in [6, 6.07) is 5.26. The fraction of sp³-hybridized carbons (Fsp3) is 0.250. The van der Waals surface area contributed by atoms with Gasteiger partial charge in [0.05, 0.1) is 13.1 Å². The second-order valence-electron chi connectivity index (χ2n) is 4.05. The van der Waals surface area contributed by atoms with Crippen LogP contribution >= 0.6 is 23.2 Å². The van der Waals surface area contributed by atoms with Crippen molar-refractivity contribution in [2.45, 2.75) is 13.0 Å². The second-order valence-corrected chi connectivity index (χ2v) is 4.87. The monoisotopic (exact) mass is 314 g/mol. The molecule has 1 aromatic heterocycles. The summed E-state index contributed by atoms with van der Waals surface area (Å²) in [6.45, 7) is 0.320. The van der Waals surface area contributed by atoms with Crippen molar-refractivity contribution in [2.24, 2.45) is 5.73 Å². The smallest absolute Gasteiger partial charge is 0.240 e. The Labute approximate surface area is 125 Å². The standard InChI is InChI=1S/C12H12Cl2N4O2/c13-8-2-1-3-9(14)7(8)4-11-17-12(20-18-11)6-16-5-10(15)19/h1-3,16H,4-6H2,(H2,15,19). The fourth-order valence-electron chi connectivity index (χ4n) is 1.59. The van der Waals surface area contributed by atoms with E-state index in [0.29, 0.717) is 28.2 Å². The van der Waals surface area contributed by atoms with Crippen molar-refractivity contribution in [1.29, 1.82) is 0 Å². The van der Waals surface area contributed by atoms with Crippen molar-refractivity contribution in [3.63, 3.8) is 0 Å². The number of carbonyl (C=O) groups is 1. The van der Waals surface area contributed by atoms with E-state index in [1.54, 1.807) is 18.2 Å². The molecule has 0 aliphatic rings. The lowest BCUT2D eigenvalue weighted by atomic mass is 10.1. The lowest BCUT2D eigenvalue weighted by Gasteiger charge is -2.03. The molecule has 1 aromatic carbocycles. The molecular weight excluding hydrogens is 303 g/mol. The van der Waals surface area contributed by atoms with Crippen LogP contribution in [0.25, 0.3) is 0 Å². The number of nitrogens with zero attached hydrogens (tertiary/aromatic N) is 2. The Hall–Kier alpha value is -1.63. The van der Waals surface area contributed by atoms with Crippen LogP contribution in [0.2, 0.25) is 10.0 Å². The average Bonchev–Trinajstić information content (AvgIpc) is 2.81. The third-order valence-electron chi connectivity index (χ3n) is 2.48. The molecule has 3 N–H and O–H groups in total. The van der Waals surface area contributed by atoms with Crippen LogP contribution in [0.4, 0.5) is 0 Å². The van der Waals surface area contributed by atoms with Gasteiger partial charge >= 0.3 is 0 Å². The van der Waals surface area contributed by atoms with Crippen LogP contribution in [0.5, 0.6) is 0 Å². The molecule has 1 heterocycles. The summed E-state index contributed by atoms with van der Waals surface area (Å²) >= 11 is 12.1. The van der Waals surface area contributed by atoms with Gasteiger partial charge in [0.2, 0.25) is 11.8 Å². The number of primary amides is 1. The van der Waals surface area contributed by atoms with E-state index in [-0.39, 0.29) is 13.1 Å². The molecule has 8 heteroatoms. The van der Waals surface area contributed by atoms with E-state index in [2.05, 4.69) is 15.5 Å². The van der Waals surface area contributed by atoms with Gasteiger partial charge in [-0.05, 0) is 17.7 Å². The molecule has 2 aromatic rings. The largest absolute Gasteiger partial charge is 0.369 e. The third-order valence-corrected chi connectivity index (χ3v) is 3.19. The van der Waals surface area contributed by atoms with Crippen molar-refractivity contribution >= 4 is 29.1 Å². The highest BCUT2D eigenvalue weighted by Gasteiger charge is 2.11. The molecule has 0 atom stereocenters. The van der Waals surface area contributed by atoms with Gasteiger partial charge in [0, 0.05) is 16.5 Å². The molecule has 20 heavy (non-hydrogen) atoms. The summed E-state index contributed by atoms with van der Waals surface area (Å²) in [6.07, 6.45) is 0.373. The summed E-state index contributed by atoms with van der Waals surface area (Å²) in [5.41, 5.74) is 5.74. The van der Waals surface area contributed by atoms with E-state index in [1.165, 1.54) is 0 Å². The van der Waals surface area contributed by atoms with E-state index in [9.17, 15) is 4.79 Å². The van der Waals surface area contributed by atoms with Crippen LogP contribution in [0.3, 0.4) is 0 Å². The molecule has 0 radical (unpaired) electrons. The van der Waals surface area contributed by atoms with E-state index < -0.39 is 5.91 Å². The van der Waals surface area contributed by atoms with Crippen LogP contribution < -0.4 is 11.1 Å². The summed E-state index contributed by atoms with van der Waals surface area (Å²) in [5, 5.41) is 7.71. The maximum Gasteiger partial charge on any atom is 0.240 e. The van der Waals surface area contributed by atoms with Gasteiger partial charge in [0.15, 0.2) is 5.82 Å². The van der Waals surface area contributed by atoms with Crippen molar-refractivity contribution in [3.8, 4) is 0 Å². The molecule has 0 saturated heterocycles. The fourth-order valence-corrected chi connectivity index (χ4v) is 2.12. The van der Waals surface area contributed by atoms with Crippen molar-refractivity contribution in [3.05, 3.63) is 45.5 Å². The molecule has 0 fully saturated rings. The minimum Gasteiger partial charge on any atom is -0.369 e. The van der Waals surface area contributed by atoms with E-state index in [1.807, 2.05) is 0 Å². The highest BCUT2D eigenvalue weighted by Crippen LogP contribution is 2.26. The number of aromatic nitrogens is 2. The molecule has 2 rings (SSSR count). The van der Waals surface area contributed by atoms with Gasteiger partial charge < -0.3 is 10.3 Å². The van der Waals surface area contributed by atoms with Gasteiger partial charge in [-0.1, -0.05) is 34.4 Å². The predicted octanol–water partition coefficient (Wildman–Crippen LogP) is 1.54. The number of amides is 1. The van der Waals surface area contributed by atoms with Crippen LogP contribution in [0.15, 0.2) is 22.7 Å². The first-order valence-corrected chi connectivity index (χ1v) is 6.55. The van der Waals surface area contributed by atoms with Gasteiger partial charge in [-0.2, -0.15) is 4.98 Å². The van der Waals surface area contributed by atoms with Gasteiger partial charge in [-0.3, -0.25) is 10.1 Å². The number of carbonyl (C=O) groups excluding carboxylic acids is 1. The van der Waals surface area contributed by atoms with Crippen molar-refractivity contribution in [1.82, 2.24) is 15.5 Å². The Balaban J connectivity index is 2.01. The summed E-state index contributed by atoms with van der Waals surface area (Å²) in [4.78, 5) is 14.7. The van der Waals surface area contributed by atoms with Crippen molar-refractivity contribution < 1.29 is 9.32 Å². The molecule has 0 aliphatic carbocycles. The lowest BCUT2D eigenvalue weighted by Crippen LogP contribution is -2.28. The van der Waals surface area contributed by atoms with Crippen LogP contribution in [0.1, 0.15) is 17.3 Å². The summed E-state index contributed by atoms with van der Waals surface area (Å²) < 4.78 is 5.04. The molecule has 0 bridgehead atoms. The Kier molecular flexibility index (Phi) is 4.94. The minimum absolute atomic E-state index is 0.0497. The van der Waals surface area contributed by atoms with Gasteiger partial charge in [0.1, 0.15) is 0 Å². The zero-order chi connectivity index (χ0) is 14.5. The molecule has 0 aliphatic heterocycles.